The molecule has 84 valence electrons. The van der Waals surface area contributed by atoms with Crippen LogP contribution in [0.4, 0.5) is 4.39 Å². The van der Waals surface area contributed by atoms with Crippen molar-refractivity contribution in [3.05, 3.63) is 65.5 Å². The first-order valence-corrected chi connectivity index (χ1v) is 5.26. The summed E-state index contributed by atoms with van der Waals surface area (Å²) in [6, 6.07) is 10.3. The average molecular weight is 227 g/mol. The van der Waals surface area contributed by atoms with Gasteiger partial charge in [-0.1, -0.05) is 24.3 Å². The molecule has 0 bridgehead atoms. The molecule has 1 aliphatic rings. The van der Waals surface area contributed by atoms with E-state index in [1.165, 1.54) is 0 Å². The number of rotatable bonds is 1. The Morgan fingerprint density at radius 1 is 1.06 bits per heavy atom. The first kappa shape index (κ1) is 9.96. The number of hydrogen-bond acceptors (Lipinski definition) is 3. The molecule has 1 atom stereocenters. The Labute approximate surface area is 97.8 Å². The zero-order valence-corrected chi connectivity index (χ0v) is 8.97. The molecule has 0 aliphatic carbocycles. The van der Waals surface area contributed by atoms with Gasteiger partial charge in [0.15, 0.2) is 0 Å². The van der Waals surface area contributed by atoms with E-state index in [2.05, 4.69) is 9.98 Å². The lowest BCUT2D eigenvalue weighted by atomic mass is 9.96. The summed E-state index contributed by atoms with van der Waals surface area (Å²) < 4.78 is 15.0. The Bertz CT molecular complexity index is 595. The SMILES string of the molecule is NC1=NC(F)(c2ccncc2)c2ccccc21. The Kier molecular flexibility index (Phi) is 1.98. The molecule has 3 nitrogen and oxygen atoms in total. The number of halogens is 1. The van der Waals surface area contributed by atoms with E-state index < -0.39 is 5.79 Å². The molecule has 0 radical (unpaired) electrons. The van der Waals surface area contributed by atoms with Gasteiger partial charge in [0.2, 0.25) is 0 Å². The number of fused-ring (bicyclic) bond motifs is 1. The third kappa shape index (κ3) is 1.34. The predicted octanol–water partition coefficient (Wildman–Crippen LogP) is 1.97. The molecular weight excluding hydrogens is 217 g/mol. The van der Waals surface area contributed by atoms with Crippen molar-refractivity contribution in [1.29, 1.82) is 0 Å². The largest absolute Gasteiger partial charge is 0.383 e. The predicted molar refractivity (Wildman–Crippen MR) is 63.3 cm³/mol. The minimum absolute atomic E-state index is 0.236. The molecule has 1 unspecified atom stereocenters. The molecular formula is C13H10FN3. The monoisotopic (exact) mass is 227 g/mol. The summed E-state index contributed by atoms with van der Waals surface area (Å²) in [7, 11) is 0. The molecule has 3 rings (SSSR count). The lowest BCUT2D eigenvalue weighted by Crippen LogP contribution is -2.16. The lowest BCUT2D eigenvalue weighted by Gasteiger charge is -2.18. The van der Waals surface area contributed by atoms with Crippen LogP contribution in [0.25, 0.3) is 0 Å². The highest BCUT2D eigenvalue weighted by Crippen LogP contribution is 2.41. The van der Waals surface area contributed by atoms with Gasteiger partial charge in [-0.2, -0.15) is 0 Å². The summed E-state index contributed by atoms with van der Waals surface area (Å²) in [6.07, 6.45) is 3.09. The van der Waals surface area contributed by atoms with Gasteiger partial charge >= 0.3 is 0 Å². The van der Waals surface area contributed by atoms with Crippen molar-refractivity contribution in [2.45, 2.75) is 5.79 Å². The fourth-order valence-corrected chi connectivity index (χ4v) is 2.07. The molecule has 17 heavy (non-hydrogen) atoms. The molecule has 0 saturated heterocycles. The minimum atomic E-state index is -1.89. The standard InChI is InChI=1S/C13H10FN3/c14-13(9-5-7-16-8-6-9)11-4-2-1-3-10(11)12(15)17-13/h1-8H,(H2,15,17). The first-order valence-electron chi connectivity index (χ1n) is 5.26. The number of alkyl halides is 1. The quantitative estimate of drug-likeness (QED) is 0.757. The molecule has 0 spiro atoms. The van der Waals surface area contributed by atoms with E-state index in [-0.39, 0.29) is 5.84 Å². The third-order valence-electron chi connectivity index (χ3n) is 2.90. The van der Waals surface area contributed by atoms with Crippen LogP contribution in [0.2, 0.25) is 0 Å². The summed E-state index contributed by atoms with van der Waals surface area (Å²) in [5.74, 6) is -1.65. The number of pyridine rings is 1. The molecule has 2 N–H and O–H groups in total. The van der Waals surface area contributed by atoms with Crippen molar-refractivity contribution >= 4 is 5.84 Å². The zero-order chi connectivity index (χ0) is 11.9. The maximum Gasteiger partial charge on any atom is 0.253 e. The average Bonchev–Trinajstić information content (AvgIpc) is 2.65. The lowest BCUT2D eigenvalue weighted by molar-refractivity contribution is 0.241. The van der Waals surface area contributed by atoms with E-state index in [9.17, 15) is 4.39 Å². The second-order valence-corrected chi connectivity index (χ2v) is 3.90. The third-order valence-corrected chi connectivity index (χ3v) is 2.90. The highest BCUT2D eigenvalue weighted by atomic mass is 19.1. The van der Waals surface area contributed by atoms with Gasteiger partial charge in [-0.25, -0.2) is 9.38 Å². The van der Waals surface area contributed by atoms with Crippen molar-refractivity contribution in [2.24, 2.45) is 10.7 Å². The molecule has 1 aromatic carbocycles. The van der Waals surface area contributed by atoms with Crippen LogP contribution < -0.4 is 5.73 Å². The van der Waals surface area contributed by atoms with Gasteiger partial charge in [0.25, 0.3) is 5.79 Å². The van der Waals surface area contributed by atoms with Gasteiger partial charge in [0.05, 0.1) is 0 Å². The number of hydrogen-bond donors (Lipinski definition) is 1. The van der Waals surface area contributed by atoms with Crippen LogP contribution in [0, 0.1) is 0 Å². The molecule has 2 heterocycles. The summed E-state index contributed by atoms with van der Waals surface area (Å²) >= 11 is 0. The summed E-state index contributed by atoms with van der Waals surface area (Å²) in [5, 5.41) is 0. The first-order chi connectivity index (χ1) is 8.22. The minimum Gasteiger partial charge on any atom is -0.383 e. The van der Waals surface area contributed by atoms with Crippen LogP contribution in [-0.4, -0.2) is 10.8 Å². The van der Waals surface area contributed by atoms with E-state index >= 15 is 0 Å². The Hall–Kier alpha value is -2.23. The van der Waals surface area contributed by atoms with Gasteiger partial charge < -0.3 is 5.73 Å². The van der Waals surface area contributed by atoms with E-state index in [4.69, 9.17) is 5.73 Å². The maximum atomic E-state index is 15.0. The Morgan fingerprint density at radius 3 is 2.53 bits per heavy atom. The van der Waals surface area contributed by atoms with Crippen molar-refractivity contribution in [1.82, 2.24) is 4.98 Å². The fraction of sp³-hybridized carbons (Fsp3) is 0.0769. The second kappa shape index (κ2) is 3.38. The molecule has 0 saturated carbocycles. The topological polar surface area (TPSA) is 51.3 Å². The van der Waals surface area contributed by atoms with Crippen LogP contribution in [0.15, 0.2) is 53.8 Å². The van der Waals surface area contributed by atoms with Crippen molar-refractivity contribution in [3.8, 4) is 0 Å². The van der Waals surface area contributed by atoms with Crippen LogP contribution in [0.5, 0.6) is 0 Å². The summed E-state index contributed by atoms with van der Waals surface area (Å²) in [6.45, 7) is 0. The molecule has 0 amide bonds. The number of nitrogens with two attached hydrogens (primary N) is 1. The molecule has 1 aliphatic heterocycles. The number of aliphatic imine (C=N–C) groups is 1. The van der Waals surface area contributed by atoms with Gasteiger partial charge in [-0.3, -0.25) is 4.98 Å². The number of nitrogens with zero attached hydrogens (tertiary/aromatic N) is 2. The smallest absolute Gasteiger partial charge is 0.253 e. The van der Waals surface area contributed by atoms with Crippen molar-refractivity contribution in [3.63, 3.8) is 0 Å². The summed E-state index contributed by atoms with van der Waals surface area (Å²) in [5.41, 5.74) is 7.35. The number of amidine groups is 1. The number of benzene rings is 1. The van der Waals surface area contributed by atoms with Crippen molar-refractivity contribution < 1.29 is 4.39 Å². The van der Waals surface area contributed by atoms with E-state index in [1.54, 1.807) is 42.7 Å². The van der Waals surface area contributed by atoms with E-state index in [1.807, 2.05) is 6.07 Å². The van der Waals surface area contributed by atoms with Crippen LogP contribution in [0.1, 0.15) is 16.7 Å². The number of aromatic nitrogens is 1. The van der Waals surface area contributed by atoms with Gasteiger partial charge in [-0.15, -0.1) is 0 Å². The van der Waals surface area contributed by atoms with Crippen LogP contribution in [-0.2, 0) is 5.79 Å². The van der Waals surface area contributed by atoms with Gasteiger partial charge in [0, 0.05) is 29.1 Å². The van der Waals surface area contributed by atoms with Crippen LogP contribution in [0.3, 0.4) is 0 Å². The zero-order valence-electron chi connectivity index (χ0n) is 8.97. The van der Waals surface area contributed by atoms with Crippen LogP contribution >= 0.6 is 0 Å². The molecule has 0 fully saturated rings. The molecule has 1 aromatic heterocycles. The maximum absolute atomic E-state index is 15.0. The Morgan fingerprint density at radius 2 is 1.76 bits per heavy atom. The van der Waals surface area contributed by atoms with E-state index in [0.717, 1.165) is 0 Å². The van der Waals surface area contributed by atoms with Gasteiger partial charge in [0.1, 0.15) is 5.84 Å². The molecule has 4 heteroatoms. The molecule has 2 aromatic rings. The summed E-state index contributed by atoms with van der Waals surface area (Å²) in [4.78, 5) is 7.84. The van der Waals surface area contributed by atoms with E-state index in [0.29, 0.717) is 16.7 Å². The highest BCUT2D eigenvalue weighted by Gasteiger charge is 2.41. The van der Waals surface area contributed by atoms with Crippen molar-refractivity contribution in [2.75, 3.05) is 0 Å². The van der Waals surface area contributed by atoms with Gasteiger partial charge in [-0.05, 0) is 12.1 Å². The highest BCUT2D eigenvalue weighted by molar-refractivity contribution is 6.02. The normalized spacial score (nSPS) is 22.1. The second-order valence-electron chi connectivity index (χ2n) is 3.90. The Balaban J connectivity index is 2.24. The fourth-order valence-electron chi connectivity index (χ4n) is 2.07.